The summed E-state index contributed by atoms with van der Waals surface area (Å²) in [7, 11) is 0. The van der Waals surface area contributed by atoms with Crippen molar-refractivity contribution in [1.82, 2.24) is 14.6 Å². The molecule has 0 fully saturated rings. The first kappa shape index (κ1) is 14.8. The summed E-state index contributed by atoms with van der Waals surface area (Å²) in [6.07, 6.45) is 1.35. The fraction of sp³-hybridized carbons (Fsp3) is 0.133. The van der Waals surface area contributed by atoms with Gasteiger partial charge >= 0.3 is 0 Å². The fourth-order valence-electron chi connectivity index (χ4n) is 2.14. The highest BCUT2D eigenvalue weighted by atomic mass is 35.5. The van der Waals surface area contributed by atoms with Gasteiger partial charge in [-0.2, -0.15) is 4.98 Å². The summed E-state index contributed by atoms with van der Waals surface area (Å²) >= 11 is 12.5. The smallest absolute Gasteiger partial charge is 0.273 e. The molecular formula is C15H11Cl2N3O2. The monoisotopic (exact) mass is 335 g/mol. The Bertz CT molecular complexity index is 889. The second-order valence-corrected chi connectivity index (χ2v) is 5.30. The third-order valence-corrected chi connectivity index (χ3v) is 3.69. The first-order valence-electron chi connectivity index (χ1n) is 6.57. The van der Waals surface area contributed by atoms with Gasteiger partial charge in [0.05, 0.1) is 27.7 Å². The third-order valence-electron chi connectivity index (χ3n) is 3.06. The van der Waals surface area contributed by atoms with Gasteiger partial charge in [0.1, 0.15) is 6.33 Å². The number of hydrogen-bond donors (Lipinski definition) is 0. The van der Waals surface area contributed by atoms with Crippen LogP contribution in [0.5, 0.6) is 5.88 Å². The number of benzene rings is 1. The van der Waals surface area contributed by atoms with E-state index in [1.165, 1.54) is 16.9 Å². The van der Waals surface area contributed by atoms with E-state index >= 15 is 0 Å². The number of hydrogen-bond acceptors (Lipinski definition) is 4. The number of rotatable bonds is 3. The maximum atomic E-state index is 11.4. The average Bonchev–Trinajstić information content (AvgIpc) is 2.48. The molecule has 0 aliphatic carbocycles. The van der Waals surface area contributed by atoms with E-state index in [9.17, 15) is 4.79 Å². The third kappa shape index (κ3) is 2.65. The van der Waals surface area contributed by atoms with Crippen molar-refractivity contribution < 1.29 is 4.74 Å². The van der Waals surface area contributed by atoms with E-state index in [4.69, 9.17) is 27.9 Å². The first-order chi connectivity index (χ1) is 10.6. The number of aromatic nitrogens is 3. The molecular weight excluding hydrogens is 325 g/mol. The Hall–Kier alpha value is -2.11. The van der Waals surface area contributed by atoms with Gasteiger partial charge in [0.25, 0.3) is 5.56 Å². The van der Waals surface area contributed by atoms with E-state index in [0.717, 1.165) is 0 Å². The zero-order valence-electron chi connectivity index (χ0n) is 11.6. The SMILES string of the molecule is CCOc1nn2cnc(=O)cc2cc1-c1c(Cl)cccc1Cl. The van der Waals surface area contributed by atoms with Gasteiger partial charge in [0.2, 0.25) is 5.88 Å². The molecule has 0 saturated heterocycles. The van der Waals surface area contributed by atoms with E-state index in [-0.39, 0.29) is 5.56 Å². The zero-order chi connectivity index (χ0) is 15.7. The lowest BCUT2D eigenvalue weighted by Gasteiger charge is -2.13. The minimum atomic E-state index is -0.345. The molecule has 3 aromatic rings. The van der Waals surface area contributed by atoms with Crippen LogP contribution >= 0.6 is 23.2 Å². The lowest BCUT2D eigenvalue weighted by atomic mass is 10.1. The lowest BCUT2D eigenvalue weighted by molar-refractivity contribution is 0.322. The molecule has 2 heterocycles. The van der Waals surface area contributed by atoms with E-state index in [1.54, 1.807) is 24.3 Å². The second kappa shape index (κ2) is 5.94. The highest BCUT2D eigenvalue weighted by molar-refractivity contribution is 6.39. The second-order valence-electron chi connectivity index (χ2n) is 4.49. The first-order valence-corrected chi connectivity index (χ1v) is 7.32. The van der Waals surface area contributed by atoms with Crippen LogP contribution < -0.4 is 10.3 Å². The summed E-state index contributed by atoms with van der Waals surface area (Å²) in [6.45, 7) is 2.29. The van der Waals surface area contributed by atoms with Crippen molar-refractivity contribution in [1.29, 1.82) is 0 Å². The number of nitrogens with zero attached hydrogens (tertiary/aromatic N) is 3. The molecule has 7 heteroatoms. The van der Waals surface area contributed by atoms with Gasteiger partial charge in [-0.25, -0.2) is 4.52 Å². The van der Waals surface area contributed by atoms with Crippen LogP contribution in [0.25, 0.3) is 16.6 Å². The Morgan fingerprint density at radius 2 is 1.95 bits per heavy atom. The quantitative estimate of drug-likeness (QED) is 0.735. The summed E-state index contributed by atoms with van der Waals surface area (Å²) in [5, 5.41) is 5.31. The number of halogens is 2. The minimum absolute atomic E-state index is 0.345. The normalized spacial score (nSPS) is 10.9. The van der Waals surface area contributed by atoms with Crippen molar-refractivity contribution in [3.63, 3.8) is 0 Å². The molecule has 0 spiro atoms. The van der Waals surface area contributed by atoms with Crippen LogP contribution in [0, 0.1) is 0 Å². The van der Waals surface area contributed by atoms with Gasteiger partial charge in [-0.1, -0.05) is 29.3 Å². The van der Waals surface area contributed by atoms with Crippen molar-refractivity contribution in [3.8, 4) is 17.0 Å². The van der Waals surface area contributed by atoms with Gasteiger partial charge in [-0.05, 0) is 25.1 Å². The molecule has 5 nitrogen and oxygen atoms in total. The largest absolute Gasteiger partial charge is 0.476 e. The molecule has 0 atom stereocenters. The van der Waals surface area contributed by atoms with Crippen molar-refractivity contribution >= 4 is 28.7 Å². The topological polar surface area (TPSA) is 56.5 Å². The predicted molar refractivity (Wildman–Crippen MR) is 85.9 cm³/mol. The predicted octanol–water partition coefficient (Wildman–Crippen LogP) is 3.46. The molecule has 0 radical (unpaired) electrons. The fourth-order valence-corrected chi connectivity index (χ4v) is 2.74. The maximum Gasteiger partial charge on any atom is 0.273 e. The molecule has 0 amide bonds. The molecule has 0 unspecified atom stereocenters. The van der Waals surface area contributed by atoms with Crippen LogP contribution in [0.15, 0.2) is 41.5 Å². The molecule has 0 saturated carbocycles. The Labute approximate surface area is 136 Å². The van der Waals surface area contributed by atoms with E-state index in [0.29, 0.717) is 39.2 Å². The molecule has 2 aromatic heterocycles. The van der Waals surface area contributed by atoms with Crippen LogP contribution in [0.4, 0.5) is 0 Å². The molecule has 0 aliphatic rings. The molecule has 0 N–H and O–H groups in total. The zero-order valence-corrected chi connectivity index (χ0v) is 13.1. The molecule has 0 bridgehead atoms. The van der Waals surface area contributed by atoms with Gasteiger partial charge < -0.3 is 4.74 Å². The van der Waals surface area contributed by atoms with Crippen LogP contribution in [-0.2, 0) is 0 Å². The summed E-state index contributed by atoms with van der Waals surface area (Å²) in [5.41, 5.74) is 1.48. The maximum absolute atomic E-state index is 11.4. The Balaban J connectivity index is 2.35. The van der Waals surface area contributed by atoms with Gasteiger partial charge in [0.15, 0.2) is 0 Å². The van der Waals surface area contributed by atoms with Crippen molar-refractivity contribution in [3.05, 3.63) is 57.1 Å². The standard InChI is InChI=1S/C15H11Cl2N3O2/c1-2-22-15-10(14-11(16)4-3-5-12(14)17)6-9-7-13(21)18-8-20(9)19-15/h3-8H,2H2,1H3. The molecule has 1 aromatic carbocycles. The van der Waals surface area contributed by atoms with Gasteiger partial charge in [0, 0.05) is 11.6 Å². The van der Waals surface area contributed by atoms with Crippen LogP contribution in [0.2, 0.25) is 10.0 Å². The Morgan fingerprint density at radius 3 is 2.64 bits per heavy atom. The minimum Gasteiger partial charge on any atom is -0.476 e. The summed E-state index contributed by atoms with van der Waals surface area (Å²) in [6, 6.07) is 8.38. The van der Waals surface area contributed by atoms with Gasteiger partial charge in [-0.15, -0.1) is 5.10 Å². The van der Waals surface area contributed by atoms with Gasteiger partial charge in [-0.3, -0.25) is 4.79 Å². The molecule has 3 rings (SSSR count). The molecule has 0 aliphatic heterocycles. The van der Waals surface area contributed by atoms with Crippen LogP contribution in [0.1, 0.15) is 6.92 Å². The van der Waals surface area contributed by atoms with Crippen LogP contribution in [-0.4, -0.2) is 21.2 Å². The summed E-state index contributed by atoms with van der Waals surface area (Å²) in [4.78, 5) is 15.1. The average molecular weight is 336 g/mol. The Morgan fingerprint density at radius 1 is 1.23 bits per heavy atom. The highest BCUT2D eigenvalue weighted by Gasteiger charge is 2.16. The lowest BCUT2D eigenvalue weighted by Crippen LogP contribution is -2.10. The van der Waals surface area contributed by atoms with Crippen LogP contribution in [0.3, 0.4) is 0 Å². The van der Waals surface area contributed by atoms with E-state index < -0.39 is 0 Å². The number of fused-ring (bicyclic) bond motifs is 1. The summed E-state index contributed by atoms with van der Waals surface area (Å²) in [5.74, 6) is 0.371. The number of ether oxygens (including phenoxy) is 1. The highest BCUT2D eigenvalue weighted by Crippen LogP contribution is 2.39. The van der Waals surface area contributed by atoms with Crippen molar-refractivity contribution in [2.45, 2.75) is 6.92 Å². The Kier molecular flexibility index (Phi) is 4.00. The molecule has 22 heavy (non-hydrogen) atoms. The van der Waals surface area contributed by atoms with Crippen molar-refractivity contribution in [2.24, 2.45) is 0 Å². The van der Waals surface area contributed by atoms with E-state index in [1.807, 2.05) is 6.92 Å². The van der Waals surface area contributed by atoms with E-state index in [2.05, 4.69) is 10.1 Å². The summed E-state index contributed by atoms with van der Waals surface area (Å²) < 4.78 is 7.06. The van der Waals surface area contributed by atoms with Crippen molar-refractivity contribution in [2.75, 3.05) is 6.61 Å². The molecule has 112 valence electrons.